The number of anilines is 2. The summed E-state index contributed by atoms with van der Waals surface area (Å²) >= 11 is 0. The summed E-state index contributed by atoms with van der Waals surface area (Å²) in [5, 5.41) is 5.94. The number of hydrogen-bond donors (Lipinski definition) is 2. The Hall–Kier alpha value is -4.12. The summed E-state index contributed by atoms with van der Waals surface area (Å²) in [6, 6.07) is 13.9. The molecular formula is C28H29F3N6O2. The molecule has 1 fully saturated rings. The molecule has 2 N–H and O–H groups in total. The first kappa shape index (κ1) is 26.5. The zero-order valence-electron chi connectivity index (χ0n) is 21.6. The van der Waals surface area contributed by atoms with Gasteiger partial charge >= 0.3 is 6.18 Å². The van der Waals surface area contributed by atoms with Crippen molar-refractivity contribution in [2.45, 2.75) is 32.0 Å². The van der Waals surface area contributed by atoms with Gasteiger partial charge in [-0.05, 0) is 62.3 Å². The van der Waals surface area contributed by atoms with Crippen LogP contribution in [0.5, 0.6) is 11.5 Å². The van der Waals surface area contributed by atoms with E-state index in [2.05, 4.69) is 32.4 Å². The zero-order valence-corrected chi connectivity index (χ0v) is 21.6. The van der Waals surface area contributed by atoms with Gasteiger partial charge < -0.3 is 19.9 Å². The fourth-order valence-electron chi connectivity index (χ4n) is 4.84. The molecule has 39 heavy (non-hydrogen) atoms. The second-order valence-electron chi connectivity index (χ2n) is 9.46. The molecule has 1 atom stereocenters. The van der Waals surface area contributed by atoms with Crippen LogP contribution in [0, 0.1) is 0 Å². The van der Waals surface area contributed by atoms with E-state index in [-0.39, 0.29) is 17.3 Å². The van der Waals surface area contributed by atoms with Crippen molar-refractivity contribution in [1.82, 2.24) is 24.8 Å². The van der Waals surface area contributed by atoms with Crippen molar-refractivity contribution < 1.29 is 22.7 Å². The molecule has 1 amide bonds. The van der Waals surface area contributed by atoms with Crippen molar-refractivity contribution in [2.75, 3.05) is 25.0 Å². The molecule has 204 valence electrons. The van der Waals surface area contributed by atoms with Gasteiger partial charge in [0, 0.05) is 43.7 Å². The predicted molar refractivity (Wildman–Crippen MR) is 142 cm³/mol. The third kappa shape index (κ3) is 5.98. The average molecular weight is 539 g/mol. The number of fused-ring (bicyclic) bond motifs is 1. The van der Waals surface area contributed by atoms with Crippen molar-refractivity contribution >= 4 is 28.6 Å². The molecule has 0 saturated carbocycles. The molecule has 5 rings (SSSR count). The van der Waals surface area contributed by atoms with Gasteiger partial charge in [0.15, 0.2) is 0 Å². The number of halogens is 3. The smallest absolute Gasteiger partial charge is 0.416 e. The van der Waals surface area contributed by atoms with E-state index in [0.717, 1.165) is 43.6 Å². The quantitative estimate of drug-likeness (QED) is 0.298. The Morgan fingerprint density at radius 1 is 1.13 bits per heavy atom. The molecule has 1 unspecified atom stereocenters. The second-order valence-corrected chi connectivity index (χ2v) is 9.46. The van der Waals surface area contributed by atoms with Gasteiger partial charge in [0.2, 0.25) is 5.95 Å². The molecule has 4 aromatic rings. The number of aromatic nitrogens is 3. The fourth-order valence-corrected chi connectivity index (χ4v) is 4.84. The summed E-state index contributed by atoms with van der Waals surface area (Å²) in [5.41, 5.74) is 1.15. The number of carbonyl (C=O) groups is 1. The topological polar surface area (TPSA) is 84.3 Å². The standard InChI is InChI=1S/C28H29F3N6O2/c1-3-37-13-5-8-20(37)17-33-26(38)24-16-22(11-12-32-24)39-21-9-10-25-23(15-21)35-27(36(25)2)34-19-7-4-6-18(14-19)28(29,30)31/h4,6-7,9-12,14-16,20H,3,5,8,13,17H2,1-2H3,(H,33,38)(H,34,35). The van der Waals surface area contributed by atoms with Crippen LogP contribution in [0.4, 0.5) is 24.8 Å². The molecule has 2 aromatic heterocycles. The number of carbonyl (C=O) groups excluding carboxylic acids is 1. The van der Waals surface area contributed by atoms with Crippen LogP contribution >= 0.6 is 0 Å². The third-order valence-corrected chi connectivity index (χ3v) is 6.90. The maximum Gasteiger partial charge on any atom is 0.416 e. The highest BCUT2D eigenvalue weighted by molar-refractivity contribution is 5.92. The Morgan fingerprint density at radius 2 is 1.95 bits per heavy atom. The maximum absolute atomic E-state index is 13.1. The van der Waals surface area contributed by atoms with Gasteiger partial charge in [-0.3, -0.25) is 14.7 Å². The highest BCUT2D eigenvalue weighted by atomic mass is 19.4. The van der Waals surface area contributed by atoms with Crippen molar-refractivity contribution in [3.63, 3.8) is 0 Å². The van der Waals surface area contributed by atoms with Crippen LogP contribution in [0.2, 0.25) is 0 Å². The van der Waals surface area contributed by atoms with Gasteiger partial charge in [-0.1, -0.05) is 13.0 Å². The zero-order chi connectivity index (χ0) is 27.6. The molecule has 0 radical (unpaired) electrons. The van der Waals surface area contributed by atoms with Crippen molar-refractivity contribution in [3.05, 3.63) is 72.1 Å². The van der Waals surface area contributed by atoms with Crippen molar-refractivity contribution in [2.24, 2.45) is 7.05 Å². The number of pyridine rings is 1. The van der Waals surface area contributed by atoms with E-state index in [4.69, 9.17) is 4.74 Å². The van der Waals surface area contributed by atoms with Crippen LogP contribution < -0.4 is 15.4 Å². The lowest BCUT2D eigenvalue weighted by Crippen LogP contribution is -2.40. The number of likely N-dealkylation sites (N-methyl/N-ethyl adjacent to an activating group) is 1. The number of alkyl halides is 3. The summed E-state index contributed by atoms with van der Waals surface area (Å²) in [7, 11) is 1.77. The normalized spacial score (nSPS) is 16.0. The van der Waals surface area contributed by atoms with Crippen molar-refractivity contribution in [1.29, 1.82) is 0 Å². The molecule has 8 nitrogen and oxygen atoms in total. The molecule has 1 aliphatic heterocycles. The number of amides is 1. The summed E-state index contributed by atoms with van der Waals surface area (Å²) in [6.07, 6.45) is -0.707. The van der Waals surface area contributed by atoms with Crippen LogP contribution in [-0.4, -0.2) is 51.0 Å². The minimum Gasteiger partial charge on any atom is -0.457 e. The van der Waals surface area contributed by atoms with E-state index in [1.807, 2.05) is 6.07 Å². The molecule has 0 spiro atoms. The first-order valence-corrected chi connectivity index (χ1v) is 12.8. The summed E-state index contributed by atoms with van der Waals surface area (Å²) in [5.74, 6) is 1.07. The summed E-state index contributed by atoms with van der Waals surface area (Å²) in [6.45, 7) is 4.72. The first-order chi connectivity index (χ1) is 18.7. The largest absolute Gasteiger partial charge is 0.457 e. The maximum atomic E-state index is 13.1. The number of hydrogen-bond acceptors (Lipinski definition) is 6. The second kappa shape index (κ2) is 10.9. The lowest BCUT2D eigenvalue weighted by atomic mass is 10.2. The van der Waals surface area contributed by atoms with E-state index < -0.39 is 11.7 Å². The Balaban J connectivity index is 1.28. The lowest BCUT2D eigenvalue weighted by Gasteiger charge is -2.22. The minimum atomic E-state index is -4.43. The Labute approximate surface area is 223 Å². The summed E-state index contributed by atoms with van der Waals surface area (Å²) in [4.78, 5) is 23.8. The van der Waals surface area contributed by atoms with Crippen LogP contribution in [0.25, 0.3) is 11.0 Å². The van der Waals surface area contributed by atoms with Gasteiger partial charge in [0.25, 0.3) is 5.91 Å². The van der Waals surface area contributed by atoms with Crippen LogP contribution in [0.15, 0.2) is 60.8 Å². The van der Waals surface area contributed by atoms with Crippen LogP contribution in [-0.2, 0) is 13.2 Å². The molecule has 1 aliphatic rings. The third-order valence-electron chi connectivity index (χ3n) is 6.90. The van der Waals surface area contributed by atoms with E-state index in [0.29, 0.717) is 35.6 Å². The number of rotatable bonds is 8. The first-order valence-electron chi connectivity index (χ1n) is 12.8. The highest BCUT2D eigenvalue weighted by Gasteiger charge is 2.30. The van der Waals surface area contributed by atoms with E-state index >= 15 is 0 Å². The number of likely N-dealkylation sites (tertiary alicyclic amines) is 1. The number of ether oxygens (including phenoxy) is 1. The van der Waals surface area contributed by atoms with Gasteiger partial charge in [-0.25, -0.2) is 4.98 Å². The summed E-state index contributed by atoms with van der Waals surface area (Å²) < 4.78 is 47.0. The molecule has 1 saturated heterocycles. The number of nitrogens with zero attached hydrogens (tertiary/aromatic N) is 4. The van der Waals surface area contributed by atoms with Gasteiger partial charge in [0.05, 0.1) is 16.6 Å². The van der Waals surface area contributed by atoms with Gasteiger partial charge in [-0.15, -0.1) is 0 Å². The lowest BCUT2D eigenvalue weighted by molar-refractivity contribution is -0.137. The van der Waals surface area contributed by atoms with Crippen LogP contribution in [0.3, 0.4) is 0 Å². The van der Waals surface area contributed by atoms with Crippen LogP contribution in [0.1, 0.15) is 35.8 Å². The van der Waals surface area contributed by atoms with E-state index in [1.54, 1.807) is 41.9 Å². The Kier molecular flexibility index (Phi) is 7.42. The monoisotopic (exact) mass is 538 g/mol. The molecular weight excluding hydrogens is 509 g/mol. The number of nitrogens with one attached hydrogen (secondary N) is 2. The fraction of sp³-hybridized carbons (Fsp3) is 0.321. The van der Waals surface area contributed by atoms with E-state index in [1.165, 1.54) is 12.3 Å². The highest BCUT2D eigenvalue weighted by Crippen LogP contribution is 2.32. The average Bonchev–Trinajstić information content (AvgIpc) is 3.50. The molecule has 3 heterocycles. The van der Waals surface area contributed by atoms with Gasteiger partial charge in [-0.2, -0.15) is 13.2 Å². The molecule has 2 aromatic carbocycles. The minimum absolute atomic E-state index is 0.256. The molecule has 0 bridgehead atoms. The Morgan fingerprint density at radius 3 is 2.74 bits per heavy atom. The van der Waals surface area contributed by atoms with Crippen molar-refractivity contribution in [3.8, 4) is 11.5 Å². The number of aryl methyl sites for hydroxylation is 1. The molecule has 0 aliphatic carbocycles. The number of benzene rings is 2. The number of imidazole rings is 1. The van der Waals surface area contributed by atoms with E-state index in [9.17, 15) is 18.0 Å². The van der Waals surface area contributed by atoms with Gasteiger partial charge in [0.1, 0.15) is 17.2 Å². The molecule has 11 heteroatoms. The Bertz CT molecular complexity index is 1490. The predicted octanol–water partition coefficient (Wildman–Crippen LogP) is 5.74. The SMILES string of the molecule is CCN1CCCC1CNC(=O)c1cc(Oc2ccc3c(c2)nc(Nc2cccc(C(F)(F)F)c2)n3C)ccn1.